The summed E-state index contributed by atoms with van der Waals surface area (Å²) in [5.41, 5.74) is 2.14. The van der Waals surface area contributed by atoms with Gasteiger partial charge in [-0.25, -0.2) is 0 Å². The van der Waals surface area contributed by atoms with Gasteiger partial charge in [0.05, 0.1) is 5.52 Å². The van der Waals surface area contributed by atoms with E-state index in [2.05, 4.69) is 10.3 Å². The van der Waals surface area contributed by atoms with E-state index in [9.17, 15) is 4.79 Å². The summed E-state index contributed by atoms with van der Waals surface area (Å²) in [6.45, 7) is 2.70. The van der Waals surface area contributed by atoms with Crippen LogP contribution >= 0.6 is 0 Å². The molecule has 0 fully saturated rings. The van der Waals surface area contributed by atoms with E-state index in [4.69, 9.17) is 5.11 Å². The highest BCUT2D eigenvalue weighted by atomic mass is 16.4. The number of nitrogens with zero attached hydrogens (tertiary/aromatic N) is 1. The molecule has 0 aliphatic carbocycles. The first-order valence-electron chi connectivity index (χ1n) is 6.44. The number of aliphatic carboxylic acids is 1. The molecule has 1 unspecified atom stereocenters. The van der Waals surface area contributed by atoms with E-state index < -0.39 is 5.97 Å². The number of pyridine rings is 1. The summed E-state index contributed by atoms with van der Waals surface area (Å²) in [6.07, 6.45) is 2.62. The quantitative estimate of drug-likeness (QED) is 0.836. The summed E-state index contributed by atoms with van der Waals surface area (Å²) < 4.78 is 0. The van der Waals surface area contributed by atoms with Gasteiger partial charge in [0.1, 0.15) is 0 Å². The van der Waals surface area contributed by atoms with E-state index in [1.807, 2.05) is 37.3 Å². The van der Waals surface area contributed by atoms with Crippen molar-refractivity contribution in [1.29, 1.82) is 0 Å². The van der Waals surface area contributed by atoms with Gasteiger partial charge in [0.2, 0.25) is 0 Å². The minimum Gasteiger partial charge on any atom is -0.481 e. The molecular formula is C15H18N2O2. The molecule has 0 aliphatic rings. The van der Waals surface area contributed by atoms with Gasteiger partial charge in [0.15, 0.2) is 0 Å². The summed E-state index contributed by atoms with van der Waals surface area (Å²) in [6, 6.07) is 10.2. The average molecular weight is 258 g/mol. The summed E-state index contributed by atoms with van der Waals surface area (Å²) in [5, 5.41) is 13.1. The van der Waals surface area contributed by atoms with Crippen LogP contribution in [0.1, 0.15) is 25.3 Å². The van der Waals surface area contributed by atoms with Crippen LogP contribution < -0.4 is 5.32 Å². The van der Waals surface area contributed by atoms with Crippen LogP contribution in [0.4, 0.5) is 0 Å². The summed E-state index contributed by atoms with van der Waals surface area (Å²) in [4.78, 5) is 14.9. The Morgan fingerprint density at radius 1 is 1.37 bits per heavy atom. The van der Waals surface area contributed by atoms with Gasteiger partial charge in [-0.05, 0) is 25.0 Å². The molecule has 0 radical (unpaired) electrons. The fourth-order valence-corrected chi connectivity index (χ4v) is 2.04. The smallest absolute Gasteiger partial charge is 0.303 e. The number of carboxylic acids is 1. The number of fused-ring (bicyclic) bond motifs is 1. The number of para-hydroxylation sites is 1. The Morgan fingerprint density at radius 2 is 2.16 bits per heavy atom. The minimum absolute atomic E-state index is 0.176. The Kier molecular flexibility index (Phi) is 4.47. The van der Waals surface area contributed by atoms with Gasteiger partial charge < -0.3 is 10.4 Å². The van der Waals surface area contributed by atoms with Gasteiger partial charge in [-0.2, -0.15) is 0 Å². The third-order valence-corrected chi connectivity index (χ3v) is 3.15. The molecule has 2 N–H and O–H groups in total. The van der Waals surface area contributed by atoms with Crippen LogP contribution in [0.5, 0.6) is 0 Å². The van der Waals surface area contributed by atoms with Crippen LogP contribution in [0.2, 0.25) is 0 Å². The van der Waals surface area contributed by atoms with Crippen LogP contribution in [0.15, 0.2) is 36.5 Å². The standard InChI is InChI=1S/C15H18N2O2/c1-11(7-8-14(18)19)17-10-13-5-2-4-12-6-3-9-16-15(12)13/h2-6,9,11,17H,7-8,10H2,1H3,(H,18,19). The average Bonchev–Trinajstić information content (AvgIpc) is 2.42. The highest BCUT2D eigenvalue weighted by Gasteiger charge is 2.06. The topological polar surface area (TPSA) is 62.2 Å². The monoisotopic (exact) mass is 258 g/mol. The molecule has 0 saturated carbocycles. The van der Waals surface area contributed by atoms with E-state index in [0.717, 1.165) is 16.5 Å². The number of aromatic nitrogens is 1. The largest absolute Gasteiger partial charge is 0.481 e. The van der Waals surface area contributed by atoms with Crippen molar-refractivity contribution < 1.29 is 9.90 Å². The van der Waals surface area contributed by atoms with Gasteiger partial charge >= 0.3 is 5.97 Å². The lowest BCUT2D eigenvalue weighted by molar-refractivity contribution is -0.137. The van der Waals surface area contributed by atoms with Crippen LogP contribution in [0.25, 0.3) is 10.9 Å². The number of rotatable bonds is 6. The third kappa shape index (κ3) is 3.76. The molecule has 1 atom stereocenters. The molecule has 0 bridgehead atoms. The Hall–Kier alpha value is -1.94. The van der Waals surface area contributed by atoms with E-state index in [-0.39, 0.29) is 12.5 Å². The third-order valence-electron chi connectivity index (χ3n) is 3.15. The molecule has 0 aliphatic heterocycles. The van der Waals surface area contributed by atoms with Crippen molar-refractivity contribution in [1.82, 2.24) is 10.3 Å². The predicted octanol–water partition coefficient (Wildman–Crippen LogP) is 2.58. The normalized spacial score (nSPS) is 12.5. The van der Waals surface area contributed by atoms with Crippen LogP contribution in [0, 0.1) is 0 Å². The Balaban J connectivity index is 2.00. The molecule has 4 nitrogen and oxygen atoms in total. The van der Waals surface area contributed by atoms with E-state index in [1.165, 1.54) is 0 Å². The number of nitrogens with one attached hydrogen (secondary N) is 1. The molecule has 0 spiro atoms. The molecule has 19 heavy (non-hydrogen) atoms. The maximum Gasteiger partial charge on any atom is 0.303 e. The maximum absolute atomic E-state index is 10.5. The van der Waals surface area contributed by atoms with Crippen LogP contribution in [-0.2, 0) is 11.3 Å². The molecule has 100 valence electrons. The SMILES string of the molecule is CC(CCC(=O)O)NCc1cccc2cccnc12. The van der Waals surface area contributed by atoms with Crippen molar-refractivity contribution in [2.24, 2.45) is 0 Å². The fourth-order valence-electron chi connectivity index (χ4n) is 2.04. The van der Waals surface area contributed by atoms with Gasteiger partial charge in [0.25, 0.3) is 0 Å². The second kappa shape index (κ2) is 6.29. The van der Waals surface area contributed by atoms with Crippen molar-refractivity contribution in [3.63, 3.8) is 0 Å². The second-order valence-corrected chi connectivity index (χ2v) is 4.71. The molecule has 0 saturated heterocycles. The van der Waals surface area contributed by atoms with E-state index in [1.54, 1.807) is 6.20 Å². The Bertz CT molecular complexity index is 564. The first kappa shape index (κ1) is 13.5. The maximum atomic E-state index is 10.5. The molecule has 0 amide bonds. The molecule has 2 rings (SSSR count). The molecular weight excluding hydrogens is 240 g/mol. The van der Waals surface area contributed by atoms with Crippen LogP contribution in [0.3, 0.4) is 0 Å². The zero-order chi connectivity index (χ0) is 13.7. The molecule has 1 heterocycles. The van der Waals surface area contributed by atoms with Crippen molar-refractivity contribution in [3.8, 4) is 0 Å². The Labute approximate surface area is 112 Å². The van der Waals surface area contributed by atoms with Crippen LogP contribution in [-0.4, -0.2) is 22.1 Å². The summed E-state index contributed by atoms with van der Waals surface area (Å²) >= 11 is 0. The predicted molar refractivity (Wildman–Crippen MR) is 74.9 cm³/mol. The van der Waals surface area contributed by atoms with Crippen molar-refractivity contribution in [3.05, 3.63) is 42.1 Å². The zero-order valence-corrected chi connectivity index (χ0v) is 11.0. The Morgan fingerprint density at radius 3 is 2.95 bits per heavy atom. The lowest BCUT2D eigenvalue weighted by Crippen LogP contribution is -2.26. The lowest BCUT2D eigenvalue weighted by Gasteiger charge is -2.13. The van der Waals surface area contributed by atoms with Crippen molar-refractivity contribution in [2.45, 2.75) is 32.4 Å². The minimum atomic E-state index is -0.750. The zero-order valence-electron chi connectivity index (χ0n) is 11.0. The van der Waals surface area contributed by atoms with Gasteiger partial charge in [-0.1, -0.05) is 24.3 Å². The first-order valence-corrected chi connectivity index (χ1v) is 6.44. The van der Waals surface area contributed by atoms with E-state index >= 15 is 0 Å². The first-order chi connectivity index (χ1) is 9.16. The molecule has 4 heteroatoms. The lowest BCUT2D eigenvalue weighted by atomic mass is 10.1. The van der Waals surface area contributed by atoms with E-state index in [0.29, 0.717) is 13.0 Å². The number of carbonyl (C=O) groups is 1. The fraction of sp³-hybridized carbons (Fsp3) is 0.333. The highest BCUT2D eigenvalue weighted by Crippen LogP contribution is 2.15. The molecule has 2 aromatic rings. The molecule has 1 aromatic carbocycles. The summed E-state index contributed by atoms with van der Waals surface area (Å²) in [5.74, 6) is -0.750. The highest BCUT2D eigenvalue weighted by molar-refractivity contribution is 5.81. The van der Waals surface area contributed by atoms with Gasteiger partial charge in [-0.15, -0.1) is 0 Å². The van der Waals surface area contributed by atoms with Gasteiger partial charge in [0, 0.05) is 30.6 Å². The second-order valence-electron chi connectivity index (χ2n) is 4.71. The summed E-state index contributed by atoms with van der Waals surface area (Å²) in [7, 11) is 0. The number of hydrogen-bond acceptors (Lipinski definition) is 3. The van der Waals surface area contributed by atoms with Gasteiger partial charge in [-0.3, -0.25) is 9.78 Å². The number of hydrogen-bond donors (Lipinski definition) is 2. The molecule has 1 aromatic heterocycles. The number of carboxylic acid groups (broad SMARTS) is 1. The van der Waals surface area contributed by atoms with Crippen molar-refractivity contribution >= 4 is 16.9 Å². The number of benzene rings is 1. The van der Waals surface area contributed by atoms with Crippen molar-refractivity contribution in [2.75, 3.05) is 0 Å².